The van der Waals surface area contributed by atoms with Crippen molar-refractivity contribution in [2.45, 2.75) is 44.9 Å². The lowest BCUT2D eigenvalue weighted by Gasteiger charge is -2.25. The summed E-state index contributed by atoms with van der Waals surface area (Å²) in [5.74, 6) is 0.364. The zero-order chi connectivity index (χ0) is 14.8. The Morgan fingerprint density at radius 1 is 1.15 bits per heavy atom. The molecule has 1 aliphatic rings. The number of benzene rings is 1. The zero-order valence-corrected chi connectivity index (χ0v) is 11.8. The third kappa shape index (κ3) is 3.88. The van der Waals surface area contributed by atoms with Gasteiger partial charge in [-0.05, 0) is 55.6 Å². The molecule has 20 heavy (non-hydrogen) atoms. The van der Waals surface area contributed by atoms with Gasteiger partial charge in [0.2, 0.25) is 0 Å². The highest BCUT2D eigenvalue weighted by molar-refractivity contribution is 5.37. The van der Waals surface area contributed by atoms with Crippen LogP contribution < -0.4 is 10.1 Å². The van der Waals surface area contributed by atoms with Crippen molar-refractivity contribution >= 4 is 0 Å². The second-order valence-corrected chi connectivity index (χ2v) is 5.51. The minimum absolute atomic E-state index is 0.000235. The molecule has 1 aromatic rings. The van der Waals surface area contributed by atoms with Crippen LogP contribution in [0.3, 0.4) is 0 Å². The molecule has 1 aliphatic heterocycles. The molecule has 1 N–H and O–H groups in total. The summed E-state index contributed by atoms with van der Waals surface area (Å²) in [6, 6.07) is 4.04. The van der Waals surface area contributed by atoms with Crippen LogP contribution in [0.5, 0.6) is 5.75 Å². The number of hydrogen-bond donors (Lipinski definition) is 1. The molecule has 2 rings (SSSR count). The topological polar surface area (TPSA) is 21.3 Å². The van der Waals surface area contributed by atoms with Crippen molar-refractivity contribution in [1.29, 1.82) is 0 Å². The Bertz CT molecular complexity index is 451. The fourth-order valence-corrected chi connectivity index (χ4v) is 2.29. The molecule has 0 unspecified atom stereocenters. The minimum atomic E-state index is -4.34. The van der Waals surface area contributed by atoms with Gasteiger partial charge in [0, 0.05) is 0 Å². The molecule has 1 saturated heterocycles. The normalized spacial score (nSPS) is 17.5. The van der Waals surface area contributed by atoms with Gasteiger partial charge in [-0.1, -0.05) is 13.8 Å². The third-order valence-corrected chi connectivity index (χ3v) is 3.51. The van der Waals surface area contributed by atoms with E-state index in [-0.39, 0.29) is 12.0 Å². The van der Waals surface area contributed by atoms with Gasteiger partial charge >= 0.3 is 6.18 Å². The Kier molecular flexibility index (Phi) is 4.58. The number of nitrogens with one attached hydrogen (secondary N) is 1. The Morgan fingerprint density at radius 3 is 2.35 bits per heavy atom. The van der Waals surface area contributed by atoms with Crippen LogP contribution in [0.1, 0.15) is 43.7 Å². The Morgan fingerprint density at radius 2 is 1.80 bits per heavy atom. The van der Waals surface area contributed by atoms with Crippen LogP contribution in [0, 0.1) is 0 Å². The van der Waals surface area contributed by atoms with Crippen LogP contribution in [0.15, 0.2) is 18.2 Å². The molecule has 5 heteroatoms. The van der Waals surface area contributed by atoms with E-state index in [4.69, 9.17) is 4.74 Å². The smallest absolute Gasteiger partial charge is 0.416 e. The van der Waals surface area contributed by atoms with Crippen molar-refractivity contribution in [3.63, 3.8) is 0 Å². The van der Waals surface area contributed by atoms with E-state index in [1.165, 1.54) is 6.07 Å². The van der Waals surface area contributed by atoms with Gasteiger partial charge in [0.1, 0.15) is 11.9 Å². The molecule has 1 fully saturated rings. The van der Waals surface area contributed by atoms with E-state index in [2.05, 4.69) is 5.32 Å². The summed E-state index contributed by atoms with van der Waals surface area (Å²) in [5.41, 5.74) is 0.0244. The van der Waals surface area contributed by atoms with Crippen LogP contribution in [0.25, 0.3) is 0 Å². The van der Waals surface area contributed by atoms with E-state index in [1.54, 1.807) is 6.07 Å². The number of rotatable bonds is 3. The van der Waals surface area contributed by atoms with E-state index >= 15 is 0 Å². The molecule has 0 bridgehead atoms. The Balaban J connectivity index is 2.24. The van der Waals surface area contributed by atoms with Crippen LogP contribution in [0.4, 0.5) is 13.2 Å². The second kappa shape index (κ2) is 6.04. The van der Waals surface area contributed by atoms with Crippen LogP contribution >= 0.6 is 0 Å². The monoisotopic (exact) mass is 287 g/mol. The van der Waals surface area contributed by atoms with Crippen molar-refractivity contribution in [2.24, 2.45) is 0 Å². The van der Waals surface area contributed by atoms with Gasteiger partial charge in [0.05, 0.1) is 5.56 Å². The number of hydrogen-bond acceptors (Lipinski definition) is 2. The van der Waals surface area contributed by atoms with E-state index in [0.717, 1.165) is 32.0 Å². The van der Waals surface area contributed by atoms with Crippen LogP contribution in [0.2, 0.25) is 0 Å². The zero-order valence-electron chi connectivity index (χ0n) is 11.8. The number of piperidine rings is 1. The average molecular weight is 287 g/mol. The summed E-state index contributed by atoms with van der Waals surface area (Å²) >= 11 is 0. The van der Waals surface area contributed by atoms with Gasteiger partial charge < -0.3 is 10.1 Å². The van der Waals surface area contributed by atoms with E-state index < -0.39 is 11.7 Å². The van der Waals surface area contributed by atoms with Gasteiger partial charge in [-0.2, -0.15) is 13.2 Å². The van der Waals surface area contributed by atoms with Crippen LogP contribution in [-0.2, 0) is 6.18 Å². The predicted octanol–water partition coefficient (Wildman–Crippen LogP) is 3.96. The molecule has 1 heterocycles. The lowest BCUT2D eigenvalue weighted by Crippen LogP contribution is -2.34. The van der Waals surface area contributed by atoms with Crippen molar-refractivity contribution < 1.29 is 17.9 Å². The third-order valence-electron chi connectivity index (χ3n) is 3.51. The number of halogens is 3. The lowest BCUT2D eigenvalue weighted by atomic mass is 10.00. The summed E-state index contributed by atoms with van der Waals surface area (Å²) in [6.07, 6.45) is -2.68. The summed E-state index contributed by atoms with van der Waals surface area (Å²) in [7, 11) is 0. The number of alkyl halides is 3. The first-order valence-corrected chi connectivity index (χ1v) is 6.96. The molecule has 0 aromatic heterocycles. The molecule has 2 nitrogen and oxygen atoms in total. The molecular weight excluding hydrogens is 267 g/mol. The SMILES string of the molecule is CC(C)c1cc(OC2CCNCC2)cc(C(F)(F)F)c1. The fourth-order valence-electron chi connectivity index (χ4n) is 2.29. The molecule has 0 aliphatic carbocycles. The van der Waals surface area contributed by atoms with Gasteiger partial charge in [-0.3, -0.25) is 0 Å². The summed E-state index contributed by atoms with van der Waals surface area (Å²) < 4.78 is 44.5. The molecule has 0 amide bonds. The molecule has 0 radical (unpaired) electrons. The largest absolute Gasteiger partial charge is 0.490 e. The van der Waals surface area contributed by atoms with Crippen molar-refractivity contribution in [2.75, 3.05) is 13.1 Å². The summed E-state index contributed by atoms with van der Waals surface area (Å²) in [4.78, 5) is 0. The average Bonchev–Trinajstić information content (AvgIpc) is 2.38. The van der Waals surface area contributed by atoms with E-state index in [9.17, 15) is 13.2 Å². The minimum Gasteiger partial charge on any atom is -0.490 e. The molecule has 0 spiro atoms. The van der Waals surface area contributed by atoms with E-state index in [0.29, 0.717) is 11.3 Å². The first-order valence-electron chi connectivity index (χ1n) is 6.96. The lowest BCUT2D eigenvalue weighted by molar-refractivity contribution is -0.137. The maximum atomic E-state index is 12.9. The summed E-state index contributed by atoms with van der Waals surface area (Å²) in [5, 5.41) is 3.21. The van der Waals surface area contributed by atoms with Crippen molar-refractivity contribution in [3.05, 3.63) is 29.3 Å². The highest BCUT2D eigenvalue weighted by Crippen LogP contribution is 2.35. The molecule has 112 valence electrons. The highest BCUT2D eigenvalue weighted by Gasteiger charge is 2.32. The second-order valence-electron chi connectivity index (χ2n) is 5.51. The molecular formula is C15H20F3NO. The predicted molar refractivity (Wildman–Crippen MR) is 72.1 cm³/mol. The van der Waals surface area contributed by atoms with Crippen molar-refractivity contribution in [1.82, 2.24) is 5.32 Å². The number of ether oxygens (including phenoxy) is 1. The first kappa shape index (κ1) is 15.2. The van der Waals surface area contributed by atoms with Gasteiger partial charge in [0.25, 0.3) is 0 Å². The van der Waals surface area contributed by atoms with Gasteiger partial charge in [-0.15, -0.1) is 0 Å². The van der Waals surface area contributed by atoms with Crippen molar-refractivity contribution in [3.8, 4) is 5.75 Å². The molecule has 0 atom stereocenters. The molecule has 0 saturated carbocycles. The molecule has 1 aromatic carbocycles. The Hall–Kier alpha value is -1.23. The highest BCUT2D eigenvalue weighted by atomic mass is 19.4. The first-order chi connectivity index (χ1) is 9.36. The summed E-state index contributed by atoms with van der Waals surface area (Å²) in [6.45, 7) is 5.45. The van der Waals surface area contributed by atoms with Gasteiger partial charge in [0.15, 0.2) is 0 Å². The maximum Gasteiger partial charge on any atom is 0.416 e. The van der Waals surface area contributed by atoms with Gasteiger partial charge in [-0.25, -0.2) is 0 Å². The maximum absolute atomic E-state index is 12.9. The quantitative estimate of drug-likeness (QED) is 0.908. The Labute approximate surface area is 117 Å². The van der Waals surface area contributed by atoms with E-state index in [1.807, 2.05) is 13.8 Å². The standard InChI is InChI=1S/C15H20F3NO/c1-10(2)11-7-12(15(16,17)18)9-14(8-11)20-13-3-5-19-6-4-13/h7-10,13,19H,3-6H2,1-2H3. The van der Waals surface area contributed by atoms with Crippen LogP contribution in [-0.4, -0.2) is 19.2 Å². The fraction of sp³-hybridized carbons (Fsp3) is 0.600.